The highest BCUT2D eigenvalue weighted by Gasteiger charge is 2.00. The molecule has 1 radical (unpaired) electrons. The Kier molecular flexibility index (Phi) is 2.84. The van der Waals surface area contributed by atoms with Crippen molar-refractivity contribution in [2.75, 3.05) is 0 Å². The third-order valence-electron chi connectivity index (χ3n) is 1.59. The highest BCUT2D eigenvalue weighted by Crippen LogP contribution is 2.05. The van der Waals surface area contributed by atoms with E-state index in [4.69, 9.17) is 0 Å². The van der Waals surface area contributed by atoms with Crippen LogP contribution in [0.2, 0.25) is 0 Å². The average molecular weight is 147 g/mol. The molecule has 57 valence electrons. The molecule has 1 heteroatoms. The summed E-state index contributed by atoms with van der Waals surface area (Å²) in [5.41, 5.74) is 1.20. The molecule has 0 spiro atoms. The van der Waals surface area contributed by atoms with Gasteiger partial charge in [0.15, 0.2) is 0 Å². The minimum atomic E-state index is 0.0115. The first-order valence-electron chi connectivity index (χ1n) is 3.74. The average Bonchev–Trinajstić information content (AvgIpc) is 2.06. The third-order valence-corrected chi connectivity index (χ3v) is 1.59. The molecule has 1 aromatic rings. The summed E-state index contributed by atoms with van der Waals surface area (Å²) in [6.45, 7) is 1.88. The minimum absolute atomic E-state index is 0.0115. The predicted molar refractivity (Wildman–Crippen MR) is 45.0 cm³/mol. The summed E-state index contributed by atoms with van der Waals surface area (Å²) in [4.78, 5) is 10.2. The van der Waals surface area contributed by atoms with Gasteiger partial charge >= 0.3 is 0 Å². The maximum Gasteiger partial charge on any atom is 0.201 e. The fraction of sp³-hybridized carbons (Fsp3) is 0.300. The standard InChI is InChI=1S/C10H11O/c1-9(8-11)7-10-5-3-2-4-6-10/h2-6,9H,7H2,1H3. The van der Waals surface area contributed by atoms with Gasteiger partial charge in [-0.1, -0.05) is 37.3 Å². The molecule has 0 bridgehead atoms. The molecule has 11 heavy (non-hydrogen) atoms. The van der Waals surface area contributed by atoms with Crippen molar-refractivity contribution in [2.45, 2.75) is 13.3 Å². The highest BCUT2D eigenvalue weighted by atomic mass is 16.1. The van der Waals surface area contributed by atoms with E-state index >= 15 is 0 Å². The molecular formula is C10H11O. The summed E-state index contributed by atoms with van der Waals surface area (Å²) in [5, 5.41) is 0. The summed E-state index contributed by atoms with van der Waals surface area (Å²) in [5.74, 6) is 0.0115. The summed E-state index contributed by atoms with van der Waals surface area (Å²) in [6, 6.07) is 9.97. The van der Waals surface area contributed by atoms with E-state index < -0.39 is 0 Å². The third kappa shape index (κ3) is 2.54. The number of benzene rings is 1. The molecule has 1 nitrogen and oxygen atoms in total. The molecule has 1 atom stereocenters. The van der Waals surface area contributed by atoms with Crippen molar-refractivity contribution in [3.8, 4) is 0 Å². The number of carbonyl (C=O) groups excluding carboxylic acids is 1. The van der Waals surface area contributed by atoms with Crippen LogP contribution in [0.15, 0.2) is 30.3 Å². The Labute approximate surface area is 67.1 Å². The maximum absolute atomic E-state index is 10.2. The van der Waals surface area contributed by atoms with Crippen molar-refractivity contribution in [3.63, 3.8) is 0 Å². The largest absolute Gasteiger partial charge is 0.291 e. The van der Waals surface area contributed by atoms with Gasteiger partial charge in [-0.15, -0.1) is 0 Å². The van der Waals surface area contributed by atoms with Crippen LogP contribution in [-0.2, 0) is 11.2 Å². The van der Waals surface area contributed by atoms with E-state index in [1.807, 2.05) is 43.5 Å². The highest BCUT2D eigenvalue weighted by molar-refractivity contribution is 5.54. The molecule has 1 aromatic carbocycles. The van der Waals surface area contributed by atoms with Gasteiger partial charge in [0.25, 0.3) is 0 Å². The molecule has 0 saturated carbocycles. The Morgan fingerprint density at radius 3 is 2.55 bits per heavy atom. The fourth-order valence-electron chi connectivity index (χ4n) is 1.01. The second kappa shape index (κ2) is 3.91. The number of hydrogen-bond acceptors (Lipinski definition) is 1. The molecule has 0 aromatic heterocycles. The van der Waals surface area contributed by atoms with Gasteiger partial charge in [0.1, 0.15) is 0 Å². The maximum atomic E-state index is 10.2. The molecule has 0 aliphatic heterocycles. The Bertz CT molecular complexity index is 216. The zero-order valence-electron chi connectivity index (χ0n) is 6.58. The van der Waals surface area contributed by atoms with Gasteiger partial charge in [-0.3, -0.25) is 4.79 Å². The second-order valence-corrected chi connectivity index (χ2v) is 2.71. The van der Waals surface area contributed by atoms with Crippen LogP contribution in [-0.4, -0.2) is 6.29 Å². The number of rotatable bonds is 3. The lowest BCUT2D eigenvalue weighted by molar-refractivity contribution is 0.528. The van der Waals surface area contributed by atoms with Gasteiger partial charge < -0.3 is 0 Å². The Balaban J connectivity index is 2.57. The molecule has 0 heterocycles. The van der Waals surface area contributed by atoms with Crippen molar-refractivity contribution in [1.29, 1.82) is 0 Å². The smallest absolute Gasteiger partial charge is 0.201 e. The van der Waals surface area contributed by atoms with Crippen LogP contribution in [0.3, 0.4) is 0 Å². The lowest BCUT2D eigenvalue weighted by Gasteiger charge is -2.00. The molecule has 0 fully saturated rings. The van der Waals surface area contributed by atoms with Gasteiger partial charge in [-0.05, 0) is 12.0 Å². The molecule has 0 saturated heterocycles. The zero-order chi connectivity index (χ0) is 8.10. The Morgan fingerprint density at radius 2 is 2.00 bits per heavy atom. The Hall–Kier alpha value is -1.11. The lowest BCUT2D eigenvalue weighted by atomic mass is 10.0. The quantitative estimate of drug-likeness (QED) is 0.638. The van der Waals surface area contributed by atoms with E-state index in [2.05, 4.69) is 0 Å². The van der Waals surface area contributed by atoms with Gasteiger partial charge in [-0.2, -0.15) is 0 Å². The Morgan fingerprint density at radius 1 is 1.36 bits per heavy atom. The van der Waals surface area contributed by atoms with E-state index in [0.29, 0.717) is 0 Å². The second-order valence-electron chi connectivity index (χ2n) is 2.71. The van der Waals surface area contributed by atoms with Gasteiger partial charge in [0.2, 0.25) is 6.29 Å². The van der Waals surface area contributed by atoms with E-state index in [-0.39, 0.29) is 5.92 Å². The summed E-state index contributed by atoms with van der Waals surface area (Å²) in [7, 11) is 0. The molecule has 0 N–H and O–H groups in total. The first kappa shape index (κ1) is 7.99. The van der Waals surface area contributed by atoms with Crippen LogP contribution in [0.25, 0.3) is 0 Å². The first-order chi connectivity index (χ1) is 5.33. The van der Waals surface area contributed by atoms with Crippen molar-refractivity contribution >= 4 is 6.29 Å². The lowest BCUT2D eigenvalue weighted by Crippen LogP contribution is -1.99. The van der Waals surface area contributed by atoms with Gasteiger partial charge in [0, 0.05) is 5.92 Å². The van der Waals surface area contributed by atoms with E-state index in [0.717, 1.165) is 6.42 Å². The first-order valence-corrected chi connectivity index (χ1v) is 3.74. The van der Waals surface area contributed by atoms with Crippen LogP contribution in [0.4, 0.5) is 0 Å². The SMILES string of the molecule is CC([C]=O)Cc1ccccc1. The van der Waals surface area contributed by atoms with Crippen LogP contribution >= 0.6 is 0 Å². The van der Waals surface area contributed by atoms with Gasteiger partial charge in [0.05, 0.1) is 0 Å². The fourth-order valence-corrected chi connectivity index (χ4v) is 1.01. The predicted octanol–water partition coefficient (Wildman–Crippen LogP) is 1.97. The topological polar surface area (TPSA) is 17.1 Å². The summed E-state index contributed by atoms with van der Waals surface area (Å²) in [6.07, 6.45) is 2.76. The van der Waals surface area contributed by atoms with Crippen molar-refractivity contribution in [1.82, 2.24) is 0 Å². The van der Waals surface area contributed by atoms with E-state index in [9.17, 15) is 4.79 Å². The van der Waals surface area contributed by atoms with E-state index in [1.165, 1.54) is 5.56 Å². The monoisotopic (exact) mass is 147 g/mol. The van der Waals surface area contributed by atoms with E-state index in [1.54, 1.807) is 0 Å². The van der Waals surface area contributed by atoms with Gasteiger partial charge in [-0.25, -0.2) is 0 Å². The molecule has 0 amide bonds. The minimum Gasteiger partial charge on any atom is -0.291 e. The van der Waals surface area contributed by atoms with Crippen molar-refractivity contribution in [2.24, 2.45) is 5.92 Å². The summed E-state index contributed by atoms with van der Waals surface area (Å²) < 4.78 is 0. The zero-order valence-corrected chi connectivity index (χ0v) is 6.58. The van der Waals surface area contributed by atoms with Crippen LogP contribution < -0.4 is 0 Å². The number of hydrogen-bond donors (Lipinski definition) is 0. The molecule has 1 rings (SSSR count). The molecule has 1 unspecified atom stereocenters. The van der Waals surface area contributed by atoms with Crippen LogP contribution in [0, 0.1) is 5.92 Å². The molecule has 0 aliphatic rings. The normalized spacial score (nSPS) is 12.5. The van der Waals surface area contributed by atoms with Crippen LogP contribution in [0.1, 0.15) is 12.5 Å². The van der Waals surface area contributed by atoms with Crippen LogP contribution in [0.5, 0.6) is 0 Å². The van der Waals surface area contributed by atoms with Crippen molar-refractivity contribution < 1.29 is 4.79 Å². The molecule has 0 aliphatic carbocycles. The summed E-state index contributed by atoms with van der Waals surface area (Å²) >= 11 is 0. The molecular weight excluding hydrogens is 136 g/mol. The van der Waals surface area contributed by atoms with Crippen molar-refractivity contribution in [3.05, 3.63) is 35.9 Å².